The predicted octanol–water partition coefficient (Wildman–Crippen LogP) is 2.32. The molecule has 1 aliphatic heterocycles. The molecule has 2 N–H and O–H groups in total. The SMILES string of the molecule is Cc1c(C2(N)CC2)cc(Cl)c2c1OCO2. The standard InChI is InChI=1S/C11H12ClNO2/c1-6-7(11(13)2-3-11)4-8(12)10-9(6)14-5-15-10/h4H,2-3,5,13H2,1H3. The van der Waals surface area contributed by atoms with E-state index in [0.29, 0.717) is 10.8 Å². The molecule has 1 aromatic carbocycles. The van der Waals surface area contributed by atoms with Crippen LogP contribution < -0.4 is 15.2 Å². The molecule has 2 aliphatic rings. The molecule has 1 aliphatic carbocycles. The highest BCUT2D eigenvalue weighted by atomic mass is 35.5. The van der Waals surface area contributed by atoms with E-state index in [0.717, 1.165) is 29.7 Å². The van der Waals surface area contributed by atoms with Gasteiger partial charge in [0.15, 0.2) is 11.5 Å². The molecule has 15 heavy (non-hydrogen) atoms. The van der Waals surface area contributed by atoms with Crippen LogP contribution in [0.1, 0.15) is 24.0 Å². The van der Waals surface area contributed by atoms with Crippen molar-refractivity contribution in [3.8, 4) is 11.5 Å². The molecular weight excluding hydrogens is 214 g/mol. The van der Waals surface area contributed by atoms with Gasteiger partial charge < -0.3 is 15.2 Å². The first-order chi connectivity index (χ1) is 7.12. The van der Waals surface area contributed by atoms with Gasteiger partial charge in [-0.3, -0.25) is 0 Å². The lowest BCUT2D eigenvalue weighted by Gasteiger charge is -2.15. The summed E-state index contributed by atoms with van der Waals surface area (Å²) >= 11 is 6.12. The molecule has 1 aromatic rings. The largest absolute Gasteiger partial charge is 0.453 e. The van der Waals surface area contributed by atoms with Crippen LogP contribution in [0.15, 0.2) is 6.07 Å². The van der Waals surface area contributed by atoms with Gasteiger partial charge in [0, 0.05) is 11.1 Å². The normalized spacial score (nSPS) is 20.5. The van der Waals surface area contributed by atoms with Crippen molar-refractivity contribution >= 4 is 11.6 Å². The van der Waals surface area contributed by atoms with Gasteiger partial charge in [-0.2, -0.15) is 0 Å². The molecule has 3 rings (SSSR count). The monoisotopic (exact) mass is 225 g/mol. The van der Waals surface area contributed by atoms with E-state index in [1.54, 1.807) is 0 Å². The summed E-state index contributed by atoms with van der Waals surface area (Å²) in [6.45, 7) is 2.25. The zero-order valence-corrected chi connectivity index (χ0v) is 9.23. The molecule has 0 radical (unpaired) electrons. The van der Waals surface area contributed by atoms with E-state index in [4.69, 9.17) is 26.8 Å². The number of nitrogens with two attached hydrogens (primary N) is 1. The average Bonchev–Trinajstić information content (AvgIpc) is 2.79. The molecular formula is C11H12ClNO2. The van der Waals surface area contributed by atoms with Crippen molar-refractivity contribution in [3.05, 3.63) is 22.2 Å². The quantitative estimate of drug-likeness (QED) is 0.798. The van der Waals surface area contributed by atoms with E-state index in [2.05, 4.69) is 0 Å². The van der Waals surface area contributed by atoms with E-state index in [1.807, 2.05) is 13.0 Å². The molecule has 3 nitrogen and oxygen atoms in total. The maximum Gasteiger partial charge on any atom is 0.231 e. The number of ether oxygens (including phenoxy) is 2. The van der Waals surface area contributed by atoms with Crippen molar-refractivity contribution in [3.63, 3.8) is 0 Å². The van der Waals surface area contributed by atoms with Crippen molar-refractivity contribution in [2.75, 3.05) is 6.79 Å². The summed E-state index contributed by atoms with van der Waals surface area (Å²) in [5.41, 5.74) is 8.15. The molecule has 1 saturated carbocycles. The van der Waals surface area contributed by atoms with Crippen LogP contribution in [0, 0.1) is 6.92 Å². The Bertz CT molecular complexity index is 441. The summed E-state index contributed by atoms with van der Waals surface area (Å²) in [5, 5.41) is 0.597. The van der Waals surface area contributed by atoms with Gasteiger partial charge in [0.25, 0.3) is 0 Å². The Hall–Kier alpha value is -0.930. The van der Waals surface area contributed by atoms with E-state index in [-0.39, 0.29) is 12.3 Å². The highest BCUT2D eigenvalue weighted by molar-refractivity contribution is 6.32. The van der Waals surface area contributed by atoms with E-state index >= 15 is 0 Å². The Morgan fingerprint density at radius 1 is 1.33 bits per heavy atom. The number of fused-ring (bicyclic) bond motifs is 1. The fraction of sp³-hybridized carbons (Fsp3) is 0.455. The molecule has 0 atom stereocenters. The molecule has 0 spiro atoms. The number of hydrogen-bond donors (Lipinski definition) is 1. The fourth-order valence-corrected chi connectivity index (χ4v) is 2.33. The Labute approximate surface area is 93.1 Å². The van der Waals surface area contributed by atoms with Crippen LogP contribution in [0.2, 0.25) is 5.02 Å². The minimum absolute atomic E-state index is 0.186. The minimum atomic E-state index is -0.186. The lowest BCUT2D eigenvalue weighted by atomic mass is 9.99. The van der Waals surface area contributed by atoms with Crippen LogP contribution in [-0.4, -0.2) is 6.79 Å². The number of hydrogen-bond acceptors (Lipinski definition) is 3. The molecule has 4 heteroatoms. The van der Waals surface area contributed by atoms with Gasteiger partial charge in [-0.05, 0) is 31.4 Å². The van der Waals surface area contributed by atoms with E-state index in [1.165, 1.54) is 0 Å². The second-order valence-electron chi connectivity index (χ2n) is 4.25. The average molecular weight is 226 g/mol. The van der Waals surface area contributed by atoms with Gasteiger partial charge in [0.1, 0.15) is 0 Å². The number of rotatable bonds is 1. The zero-order chi connectivity index (χ0) is 10.6. The first-order valence-electron chi connectivity index (χ1n) is 5.00. The van der Waals surface area contributed by atoms with Gasteiger partial charge in [-0.25, -0.2) is 0 Å². The maximum atomic E-state index is 6.18. The molecule has 1 heterocycles. The molecule has 0 saturated heterocycles. The lowest BCUT2D eigenvalue weighted by molar-refractivity contribution is 0.173. The highest BCUT2D eigenvalue weighted by Crippen LogP contribution is 2.51. The molecule has 0 amide bonds. The summed E-state index contributed by atoms with van der Waals surface area (Å²) < 4.78 is 10.7. The van der Waals surface area contributed by atoms with Gasteiger partial charge in [-0.15, -0.1) is 0 Å². The lowest BCUT2D eigenvalue weighted by Crippen LogP contribution is -2.20. The van der Waals surface area contributed by atoms with Crippen LogP contribution in [0.25, 0.3) is 0 Å². The van der Waals surface area contributed by atoms with Crippen molar-refractivity contribution in [2.24, 2.45) is 5.73 Å². The van der Waals surface area contributed by atoms with Gasteiger partial charge >= 0.3 is 0 Å². The minimum Gasteiger partial charge on any atom is -0.453 e. The number of benzene rings is 1. The maximum absolute atomic E-state index is 6.18. The second kappa shape index (κ2) is 2.80. The second-order valence-corrected chi connectivity index (χ2v) is 4.66. The topological polar surface area (TPSA) is 44.5 Å². The third-order valence-corrected chi connectivity index (χ3v) is 3.45. The third kappa shape index (κ3) is 1.23. The highest BCUT2D eigenvalue weighted by Gasteiger charge is 2.43. The summed E-state index contributed by atoms with van der Waals surface area (Å²) in [4.78, 5) is 0. The smallest absolute Gasteiger partial charge is 0.231 e. The summed E-state index contributed by atoms with van der Waals surface area (Å²) in [6.07, 6.45) is 2.04. The predicted molar refractivity (Wildman–Crippen MR) is 57.4 cm³/mol. The van der Waals surface area contributed by atoms with Crippen LogP contribution in [0.3, 0.4) is 0 Å². The van der Waals surface area contributed by atoms with Crippen LogP contribution in [0.4, 0.5) is 0 Å². The summed E-state index contributed by atoms with van der Waals surface area (Å²) in [7, 11) is 0. The van der Waals surface area contributed by atoms with Gasteiger partial charge in [0.2, 0.25) is 6.79 Å². The summed E-state index contributed by atoms with van der Waals surface area (Å²) in [6, 6.07) is 1.91. The van der Waals surface area contributed by atoms with Crippen molar-refractivity contribution in [2.45, 2.75) is 25.3 Å². The van der Waals surface area contributed by atoms with Gasteiger partial charge in [-0.1, -0.05) is 11.6 Å². The van der Waals surface area contributed by atoms with Crippen LogP contribution in [-0.2, 0) is 5.54 Å². The van der Waals surface area contributed by atoms with Crippen molar-refractivity contribution in [1.29, 1.82) is 0 Å². The third-order valence-electron chi connectivity index (χ3n) is 3.17. The Morgan fingerprint density at radius 3 is 2.67 bits per heavy atom. The Kier molecular flexibility index (Phi) is 1.74. The number of halogens is 1. The van der Waals surface area contributed by atoms with Crippen molar-refractivity contribution in [1.82, 2.24) is 0 Å². The molecule has 0 aromatic heterocycles. The first-order valence-corrected chi connectivity index (χ1v) is 5.38. The first kappa shape index (κ1) is 9.31. The van der Waals surface area contributed by atoms with E-state index < -0.39 is 0 Å². The fourth-order valence-electron chi connectivity index (χ4n) is 2.08. The molecule has 0 unspecified atom stereocenters. The van der Waals surface area contributed by atoms with Crippen LogP contribution in [0.5, 0.6) is 11.5 Å². The summed E-state index contributed by atoms with van der Waals surface area (Å²) in [5.74, 6) is 1.41. The zero-order valence-electron chi connectivity index (χ0n) is 8.47. The Balaban J connectivity index is 2.21. The van der Waals surface area contributed by atoms with Crippen LogP contribution >= 0.6 is 11.6 Å². The molecule has 1 fully saturated rings. The Morgan fingerprint density at radius 2 is 2.00 bits per heavy atom. The molecule has 0 bridgehead atoms. The molecule has 80 valence electrons. The van der Waals surface area contributed by atoms with Gasteiger partial charge in [0.05, 0.1) is 5.02 Å². The van der Waals surface area contributed by atoms with Crippen molar-refractivity contribution < 1.29 is 9.47 Å². The van der Waals surface area contributed by atoms with E-state index in [9.17, 15) is 0 Å².